The second-order valence-corrected chi connectivity index (χ2v) is 5.52. The van der Waals surface area contributed by atoms with Gasteiger partial charge < -0.3 is 0 Å². The summed E-state index contributed by atoms with van der Waals surface area (Å²) in [6, 6.07) is 10.2. The van der Waals surface area contributed by atoms with E-state index in [1.54, 1.807) is 24.0 Å². The summed E-state index contributed by atoms with van der Waals surface area (Å²) in [4.78, 5) is 0. The molecule has 1 unspecified atom stereocenters. The van der Waals surface area contributed by atoms with E-state index in [-0.39, 0.29) is 0 Å². The van der Waals surface area contributed by atoms with Crippen molar-refractivity contribution in [1.29, 1.82) is 0 Å². The number of ether oxygens (including phenoxy) is 1. The number of hydrogen-bond acceptors (Lipinski definition) is 2. The van der Waals surface area contributed by atoms with E-state index in [9.17, 15) is 0 Å². The molecule has 1 atom stereocenters. The van der Waals surface area contributed by atoms with Gasteiger partial charge in [-0.2, -0.15) is 0 Å². The Morgan fingerprint density at radius 2 is 2.00 bits per heavy atom. The predicted molar refractivity (Wildman–Crippen MR) is 76.9 cm³/mol. The maximum atomic E-state index is 5.17. The van der Waals surface area contributed by atoms with E-state index in [1.807, 2.05) is 28.9 Å². The molecule has 4 heteroatoms. The van der Waals surface area contributed by atoms with Crippen LogP contribution in [0.2, 0.25) is 0 Å². The number of benzene rings is 1. The Kier molecular flexibility index (Phi) is 4.48. The van der Waals surface area contributed by atoms with E-state index in [1.165, 1.54) is 23.0 Å². The van der Waals surface area contributed by atoms with E-state index < -0.39 is 0 Å². The SMILES string of the molecule is CCCCc1cc([AsH2])n(-c2ccc(OC)cc2)n1. The minimum absolute atomic E-state index is 0.875. The molecule has 96 valence electrons. The topological polar surface area (TPSA) is 27.1 Å². The molecule has 0 radical (unpaired) electrons. The first-order valence-corrected chi connectivity index (χ1v) is 7.44. The third kappa shape index (κ3) is 2.97. The van der Waals surface area contributed by atoms with Gasteiger partial charge in [-0.1, -0.05) is 0 Å². The Morgan fingerprint density at radius 3 is 2.61 bits per heavy atom. The first-order valence-electron chi connectivity index (χ1n) is 6.23. The molecule has 0 saturated heterocycles. The molecule has 0 bridgehead atoms. The van der Waals surface area contributed by atoms with Gasteiger partial charge in [-0.15, -0.1) is 0 Å². The number of unbranched alkanes of at least 4 members (excludes halogenated alkanes) is 1. The molecule has 2 aromatic rings. The monoisotopic (exact) mass is 306 g/mol. The van der Waals surface area contributed by atoms with Gasteiger partial charge >= 0.3 is 117 Å². The minimum atomic E-state index is 0.875. The number of methoxy groups -OCH3 is 1. The first-order chi connectivity index (χ1) is 8.74. The molecule has 0 aliphatic heterocycles. The van der Waals surface area contributed by atoms with Crippen molar-refractivity contribution >= 4 is 21.3 Å². The van der Waals surface area contributed by atoms with Crippen LogP contribution < -0.4 is 9.22 Å². The Balaban J connectivity index is 2.23. The summed E-state index contributed by atoms with van der Waals surface area (Å²) >= 11 is 1.60. The van der Waals surface area contributed by atoms with Crippen LogP contribution in [-0.4, -0.2) is 33.7 Å². The zero-order chi connectivity index (χ0) is 13.0. The van der Waals surface area contributed by atoms with Gasteiger partial charge in [-0.05, 0) is 0 Å². The average Bonchev–Trinajstić information content (AvgIpc) is 2.78. The number of aryl methyl sites for hydroxylation is 1. The van der Waals surface area contributed by atoms with Crippen LogP contribution in [0.1, 0.15) is 25.5 Å². The summed E-state index contributed by atoms with van der Waals surface area (Å²) in [5.74, 6) is 0.875. The van der Waals surface area contributed by atoms with Gasteiger partial charge in [0.25, 0.3) is 0 Å². The van der Waals surface area contributed by atoms with Crippen LogP contribution in [0.3, 0.4) is 0 Å². The van der Waals surface area contributed by atoms with Crippen molar-refractivity contribution < 1.29 is 4.74 Å². The standard InChI is InChI=1S/C14H19AsN2O/c1-3-4-5-11-10-14(15)17(16-11)12-6-8-13(18-2)9-7-12/h6-10H,3-5,15H2,1-2H3. The van der Waals surface area contributed by atoms with E-state index >= 15 is 0 Å². The van der Waals surface area contributed by atoms with Crippen molar-refractivity contribution in [3.8, 4) is 11.4 Å². The van der Waals surface area contributed by atoms with Gasteiger partial charge in [0.2, 0.25) is 0 Å². The van der Waals surface area contributed by atoms with Gasteiger partial charge in [0.05, 0.1) is 0 Å². The van der Waals surface area contributed by atoms with Crippen LogP contribution in [0, 0.1) is 0 Å². The van der Waals surface area contributed by atoms with Crippen LogP contribution in [0.15, 0.2) is 30.3 Å². The van der Waals surface area contributed by atoms with Gasteiger partial charge in [-0.3, -0.25) is 0 Å². The second-order valence-electron chi connectivity index (χ2n) is 4.27. The maximum absolute atomic E-state index is 5.17. The molecule has 0 amide bonds. The van der Waals surface area contributed by atoms with Crippen molar-refractivity contribution in [3.05, 3.63) is 36.0 Å². The molecule has 3 nitrogen and oxygen atoms in total. The van der Waals surface area contributed by atoms with Crippen molar-refractivity contribution in [1.82, 2.24) is 9.78 Å². The van der Waals surface area contributed by atoms with Crippen molar-refractivity contribution in [3.63, 3.8) is 0 Å². The van der Waals surface area contributed by atoms with Crippen LogP contribution >= 0.6 is 0 Å². The quantitative estimate of drug-likeness (QED) is 0.783. The number of nitrogens with zero attached hydrogens (tertiary/aromatic N) is 2. The molecule has 0 fully saturated rings. The summed E-state index contributed by atoms with van der Waals surface area (Å²) < 4.78 is 8.42. The number of rotatable bonds is 5. The third-order valence-electron chi connectivity index (χ3n) is 2.89. The normalized spacial score (nSPS) is 10.6. The van der Waals surface area contributed by atoms with Gasteiger partial charge in [0.1, 0.15) is 0 Å². The van der Waals surface area contributed by atoms with Crippen LogP contribution in [-0.2, 0) is 6.42 Å². The summed E-state index contributed by atoms with van der Waals surface area (Å²) in [7, 11) is 1.68. The zero-order valence-electron chi connectivity index (χ0n) is 10.9. The van der Waals surface area contributed by atoms with E-state index in [4.69, 9.17) is 4.74 Å². The second kappa shape index (κ2) is 6.10. The van der Waals surface area contributed by atoms with Gasteiger partial charge in [-0.25, -0.2) is 0 Å². The number of aromatic nitrogens is 2. The molecule has 18 heavy (non-hydrogen) atoms. The van der Waals surface area contributed by atoms with E-state index in [0.29, 0.717) is 0 Å². The zero-order valence-corrected chi connectivity index (χ0v) is 13.3. The summed E-state index contributed by atoms with van der Waals surface area (Å²) in [5.41, 5.74) is 2.28. The molecule has 1 heterocycles. The first kappa shape index (κ1) is 13.2. The molecular formula is C14H19AsN2O. The molecule has 0 spiro atoms. The summed E-state index contributed by atoms with van der Waals surface area (Å²) in [5, 5.41) is 4.66. The fourth-order valence-corrected chi connectivity index (χ4v) is 2.69. The van der Waals surface area contributed by atoms with Crippen molar-refractivity contribution in [2.45, 2.75) is 26.2 Å². The van der Waals surface area contributed by atoms with Crippen molar-refractivity contribution in [2.75, 3.05) is 7.11 Å². The van der Waals surface area contributed by atoms with E-state index in [2.05, 4.69) is 18.1 Å². The molecule has 0 aliphatic rings. The summed E-state index contributed by atoms with van der Waals surface area (Å²) in [6.07, 6.45) is 3.47. The van der Waals surface area contributed by atoms with Gasteiger partial charge in [0, 0.05) is 0 Å². The number of hydrogen-bond donors (Lipinski definition) is 0. The Hall–Kier alpha value is -1.21. The van der Waals surface area contributed by atoms with Crippen LogP contribution in [0.5, 0.6) is 5.75 Å². The molecule has 1 aromatic heterocycles. The molecule has 2 rings (SSSR count). The van der Waals surface area contributed by atoms with Crippen LogP contribution in [0.4, 0.5) is 0 Å². The Labute approximate surface area is 117 Å². The molecular weight excluding hydrogens is 287 g/mol. The van der Waals surface area contributed by atoms with Crippen molar-refractivity contribution in [2.24, 2.45) is 0 Å². The average molecular weight is 306 g/mol. The molecule has 1 aromatic carbocycles. The fraction of sp³-hybridized carbons (Fsp3) is 0.357. The predicted octanol–water partition coefficient (Wildman–Crippen LogP) is 1.48. The van der Waals surface area contributed by atoms with Crippen LogP contribution in [0.25, 0.3) is 5.69 Å². The molecule has 0 aliphatic carbocycles. The third-order valence-corrected chi connectivity index (χ3v) is 3.75. The molecule has 0 N–H and O–H groups in total. The van der Waals surface area contributed by atoms with E-state index in [0.717, 1.165) is 17.9 Å². The van der Waals surface area contributed by atoms with Gasteiger partial charge in [0.15, 0.2) is 0 Å². The molecule has 0 saturated carbocycles. The summed E-state index contributed by atoms with van der Waals surface area (Å²) in [6.45, 7) is 2.21. The Bertz CT molecular complexity index is 505. The fourth-order valence-electron chi connectivity index (χ4n) is 1.86. The Morgan fingerprint density at radius 1 is 1.28 bits per heavy atom.